The molecule has 0 radical (unpaired) electrons. The summed E-state index contributed by atoms with van der Waals surface area (Å²) < 4.78 is 0.890. The molecule has 1 aliphatic rings. The summed E-state index contributed by atoms with van der Waals surface area (Å²) in [6.07, 6.45) is 0. The molecule has 0 N–H and O–H groups in total. The standard InChI is InChI=1S/C15H14ClNOS3/c1-8(16)13(18)17-10-7-5-4-6-9(10)11-12(15(17,2)3)20-21-14(11)19/h4-8H,1-3H3/t8-/m0/s1. The molecular weight excluding hydrogens is 342 g/mol. The molecule has 0 saturated carbocycles. The Bertz CT molecular complexity index is 775. The number of hydrogen-bond acceptors (Lipinski definition) is 4. The lowest BCUT2D eigenvalue weighted by molar-refractivity contribution is -0.119. The molecule has 3 rings (SSSR count). The van der Waals surface area contributed by atoms with Crippen LogP contribution in [0.25, 0.3) is 11.1 Å². The molecule has 0 saturated heterocycles. The van der Waals surface area contributed by atoms with E-state index in [4.69, 9.17) is 23.8 Å². The van der Waals surface area contributed by atoms with E-state index < -0.39 is 10.9 Å². The van der Waals surface area contributed by atoms with Crippen LogP contribution in [-0.4, -0.2) is 11.3 Å². The summed E-state index contributed by atoms with van der Waals surface area (Å²) >= 11 is 11.6. The highest BCUT2D eigenvalue weighted by molar-refractivity contribution is 7.80. The summed E-state index contributed by atoms with van der Waals surface area (Å²) in [4.78, 5) is 15.6. The number of fused-ring (bicyclic) bond motifs is 3. The van der Waals surface area contributed by atoms with Gasteiger partial charge < -0.3 is 0 Å². The number of nitrogens with zero attached hydrogens (tertiary/aromatic N) is 1. The minimum Gasteiger partial charge on any atom is -0.300 e. The number of carbonyl (C=O) groups excluding carboxylic acids is 1. The van der Waals surface area contributed by atoms with E-state index in [0.29, 0.717) is 0 Å². The average Bonchev–Trinajstić information content (AvgIpc) is 2.81. The summed E-state index contributed by atoms with van der Waals surface area (Å²) in [6.45, 7) is 5.82. The van der Waals surface area contributed by atoms with Gasteiger partial charge in [-0.2, -0.15) is 0 Å². The Morgan fingerprint density at radius 1 is 1.33 bits per heavy atom. The van der Waals surface area contributed by atoms with Crippen LogP contribution in [0, 0.1) is 3.82 Å². The van der Waals surface area contributed by atoms with Crippen molar-refractivity contribution in [2.75, 3.05) is 4.90 Å². The van der Waals surface area contributed by atoms with Crippen molar-refractivity contribution in [1.82, 2.24) is 0 Å². The zero-order chi connectivity index (χ0) is 15.4. The molecule has 2 heterocycles. The van der Waals surface area contributed by atoms with E-state index in [1.807, 2.05) is 29.2 Å². The van der Waals surface area contributed by atoms with Crippen molar-refractivity contribution in [3.63, 3.8) is 0 Å². The number of para-hydroxylation sites is 1. The fraction of sp³-hybridized carbons (Fsp3) is 0.333. The Morgan fingerprint density at radius 2 is 2.00 bits per heavy atom. The molecular formula is C15H14ClNOS3. The number of benzene rings is 1. The summed E-state index contributed by atoms with van der Waals surface area (Å²) in [5.74, 6) is -0.0796. The van der Waals surface area contributed by atoms with E-state index in [2.05, 4.69) is 13.8 Å². The van der Waals surface area contributed by atoms with Gasteiger partial charge in [0, 0.05) is 11.1 Å². The van der Waals surface area contributed by atoms with Crippen LogP contribution in [0.15, 0.2) is 24.3 Å². The second-order valence-electron chi connectivity index (χ2n) is 5.52. The first-order valence-electron chi connectivity index (χ1n) is 6.57. The lowest BCUT2D eigenvalue weighted by Gasteiger charge is -2.43. The van der Waals surface area contributed by atoms with E-state index in [0.717, 1.165) is 25.5 Å². The fourth-order valence-corrected chi connectivity index (χ4v) is 6.13. The molecule has 1 atom stereocenters. The number of amides is 1. The van der Waals surface area contributed by atoms with Gasteiger partial charge >= 0.3 is 0 Å². The average molecular weight is 356 g/mol. The molecule has 0 unspecified atom stereocenters. The van der Waals surface area contributed by atoms with Crippen LogP contribution in [0.5, 0.6) is 0 Å². The van der Waals surface area contributed by atoms with Crippen molar-refractivity contribution < 1.29 is 4.79 Å². The molecule has 1 aromatic heterocycles. The van der Waals surface area contributed by atoms with Gasteiger partial charge in [-0.05, 0) is 26.8 Å². The molecule has 0 spiro atoms. The van der Waals surface area contributed by atoms with E-state index >= 15 is 0 Å². The number of hydrogen-bond donors (Lipinski definition) is 0. The minimum atomic E-state index is -0.564. The molecule has 1 aliphatic heterocycles. The van der Waals surface area contributed by atoms with E-state index in [9.17, 15) is 4.79 Å². The Hall–Kier alpha value is -0.750. The van der Waals surface area contributed by atoms with Gasteiger partial charge in [-0.15, -0.1) is 11.6 Å². The van der Waals surface area contributed by atoms with Gasteiger partial charge in [0.2, 0.25) is 5.91 Å². The minimum absolute atomic E-state index is 0.0796. The quantitative estimate of drug-likeness (QED) is 0.387. The Kier molecular flexibility index (Phi) is 3.72. The normalized spacial score (nSPS) is 17.0. The van der Waals surface area contributed by atoms with Crippen molar-refractivity contribution in [2.24, 2.45) is 0 Å². The van der Waals surface area contributed by atoms with Crippen molar-refractivity contribution in [1.29, 1.82) is 0 Å². The fourth-order valence-electron chi connectivity index (χ4n) is 2.75. The number of carbonyl (C=O) groups is 1. The third kappa shape index (κ3) is 2.18. The predicted octanol–water partition coefficient (Wildman–Crippen LogP) is 5.42. The molecule has 110 valence electrons. The van der Waals surface area contributed by atoms with Crippen molar-refractivity contribution >= 4 is 56.1 Å². The second-order valence-corrected chi connectivity index (χ2v) is 9.00. The number of alkyl halides is 1. The van der Waals surface area contributed by atoms with Crippen molar-refractivity contribution in [3.8, 4) is 11.1 Å². The van der Waals surface area contributed by atoms with Crippen LogP contribution in [0.4, 0.5) is 5.69 Å². The summed E-state index contributed by atoms with van der Waals surface area (Å²) in [6, 6.07) is 7.91. The van der Waals surface area contributed by atoms with Crippen LogP contribution in [0.3, 0.4) is 0 Å². The molecule has 1 amide bonds. The van der Waals surface area contributed by atoms with Crippen LogP contribution >= 0.6 is 44.5 Å². The SMILES string of the molecule is C[C@H](Cl)C(=O)N1c2ccccc2-c2c(ssc2=S)C1(C)C. The van der Waals surface area contributed by atoms with Crippen molar-refractivity contribution in [3.05, 3.63) is 33.0 Å². The number of rotatable bonds is 1. The lowest BCUT2D eigenvalue weighted by atomic mass is 9.87. The molecule has 2 nitrogen and oxygen atoms in total. The topological polar surface area (TPSA) is 20.3 Å². The third-order valence-corrected chi connectivity index (χ3v) is 7.24. The first-order valence-corrected chi connectivity index (χ1v) is 9.56. The monoisotopic (exact) mass is 355 g/mol. The third-order valence-electron chi connectivity index (χ3n) is 3.72. The van der Waals surface area contributed by atoms with Gasteiger partial charge in [0.25, 0.3) is 0 Å². The summed E-state index contributed by atoms with van der Waals surface area (Å²) in [7, 11) is 3.25. The van der Waals surface area contributed by atoms with E-state index in [1.54, 1.807) is 27.6 Å². The van der Waals surface area contributed by atoms with Gasteiger partial charge in [0.15, 0.2) is 0 Å². The first-order chi connectivity index (χ1) is 9.85. The zero-order valence-corrected chi connectivity index (χ0v) is 15.1. The van der Waals surface area contributed by atoms with Gasteiger partial charge in [0.1, 0.15) is 9.20 Å². The smallest absolute Gasteiger partial charge is 0.245 e. The van der Waals surface area contributed by atoms with Gasteiger partial charge in [-0.25, -0.2) is 0 Å². The van der Waals surface area contributed by atoms with Gasteiger partial charge in [-0.3, -0.25) is 9.69 Å². The zero-order valence-electron chi connectivity index (χ0n) is 11.8. The lowest BCUT2D eigenvalue weighted by Crippen LogP contribution is -2.50. The van der Waals surface area contributed by atoms with Gasteiger partial charge in [0.05, 0.1) is 16.1 Å². The van der Waals surface area contributed by atoms with E-state index in [-0.39, 0.29) is 5.91 Å². The number of anilines is 1. The van der Waals surface area contributed by atoms with Crippen LogP contribution in [0.2, 0.25) is 0 Å². The Balaban J connectivity index is 2.35. The maximum Gasteiger partial charge on any atom is 0.245 e. The highest BCUT2D eigenvalue weighted by atomic mass is 35.5. The highest BCUT2D eigenvalue weighted by Crippen LogP contribution is 2.52. The van der Waals surface area contributed by atoms with Crippen molar-refractivity contribution in [2.45, 2.75) is 31.7 Å². The largest absolute Gasteiger partial charge is 0.300 e. The Labute approximate surface area is 141 Å². The first kappa shape index (κ1) is 15.2. The molecule has 2 aromatic rings. The second kappa shape index (κ2) is 5.16. The molecule has 21 heavy (non-hydrogen) atoms. The van der Waals surface area contributed by atoms with Crippen LogP contribution in [-0.2, 0) is 10.3 Å². The predicted molar refractivity (Wildman–Crippen MR) is 94.3 cm³/mol. The molecule has 0 aliphatic carbocycles. The molecule has 1 aromatic carbocycles. The number of halogens is 1. The Morgan fingerprint density at radius 3 is 2.67 bits per heavy atom. The summed E-state index contributed by atoms with van der Waals surface area (Å²) in [5, 5.41) is -0.564. The van der Waals surface area contributed by atoms with Gasteiger partial charge in [-0.1, -0.05) is 51.1 Å². The maximum absolute atomic E-state index is 12.7. The highest BCUT2D eigenvalue weighted by Gasteiger charge is 2.43. The molecule has 0 fully saturated rings. The molecule has 6 heteroatoms. The van der Waals surface area contributed by atoms with E-state index in [1.165, 1.54) is 0 Å². The molecule has 0 bridgehead atoms. The van der Waals surface area contributed by atoms with Crippen LogP contribution < -0.4 is 4.90 Å². The summed E-state index contributed by atoms with van der Waals surface area (Å²) in [5.41, 5.74) is 2.58. The van der Waals surface area contributed by atoms with Crippen LogP contribution in [0.1, 0.15) is 25.6 Å². The maximum atomic E-state index is 12.7.